The van der Waals surface area contributed by atoms with Crippen molar-refractivity contribution in [3.05, 3.63) is 33.4 Å². The summed E-state index contributed by atoms with van der Waals surface area (Å²) in [6.45, 7) is 3.09. The standard InChI is InChI=1S/C21H27ClN2O6S2/c1-2-5-14-23-16(18(31-14)11-6-3-8-29-11)20(26)24-15(10-13(22)25)32-19(17(24)21(27)28)12-7-4-9-30-12/h2,5,11-15,23,25H,3-4,6-10H2,1H3,(H,27,28)/b5-2+/t11-,12-,13+,14-,15-/m1/s1. The molecule has 0 saturated carbocycles. The molecule has 0 spiro atoms. The monoisotopic (exact) mass is 502 g/mol. The number of nitrogens with zero attached hydrogens (tertiary/aromatic N) is 1. The molecule has 3 N–H and O–H groups in total. The van der Waals surface area contributed by atoms with Crippen LogP contribution in [0.3, 0.4) is 0 Å². The van der Waals surface area contributed by atoms with Gasteiger partial charge in [-0.3, -0.25) is 9.69 Å². The molecule has 0 aromatic heterocycles. The number of carboxylic acid groups (broad SMARTS) is 1. The lowest BCUT2D eigenvalue weighted by Crippen LogP contribution is -2.42. The predicted molar refractivity (Wildman–Crippen MR) is 124 cm³/mol. The number of nitrogens with one attached hydrogen (secondary N) is 1. The van der Waals surface area contributed by atoms with Crippen molar-refractivity contribution in [2.75, 3.05) is 13.2 Å². The third kappa shape index (κ3) is 4.85. The normalized spacial score (nSPS) is 31.8. The van der Waals surface area contributed by atoms with E-state index < -0.39 is 22.8 Å². The molecule has 0 radical (unpaired) electrons. The van der Waals surface area contributed by atoms with E-state index in [1.54, 1.807) is 0 Å². The molecule has 4 heterocycles. The lowest BCUT2D eigenvalue weighted by molar-refractivity contribution is -0.138. The van der Waals surface area contributed by atoms with Crippen LogP contribution < -0.4 is 5.32 Å². The zero-order chi connectivity index (χ0) is 22.8. The molecule has 8 nitrogen and oxygen atoms in total. The molecule has 4 aliphatic rings. The number of carboxylic acids is 1. The van der Waals surface area contributed by atoms with Gasteiger partial charge in [-0.15, -0.1) is 0 Å². The molecule has 0 bridgehead atoms. The first-order valence-corrected chi connectivity index (χ1v) is 12.9. The van der Waals surface area contributed by atoms with Crippen molar-refractivity contribution < 1.29 is 29.3 Å². The minimum absolute atomic E-state index is 0.0267. The van der Waals surface area contributed by atoms with Crippen LogP contribution in [0, 0.1) is 0 Å². The first-order chi connectivity index (χ1) is 15.4. The Kier molecular flexibility index (Phi) is 7.79. The van der Waals surface area contributed by atoms with E-state index >= 15 is 0 Å². The van der Waals surface area contributed by atoms with E-state index in [-0.39, 0.29) is 29.7 Å². The molecule has 0 aromatic rings. The third-order valence-corrected chi connectivity index (χ3v) is 8.47. The van der Waals surface area contributed by atoms with Gasteiger partial charge in [-0.1, -0.05) is 47.3 Å². The quantitative estimate of drug-likeness (QED) is 0.357. The van der Waals surface area contributed by atoms with Crippen molar-refractivity contribution in [1.82, 2.24) is 10.2 Å². The van der Waals surface area contributed by atoms with E-state index in [9.17, 15) is 19.8 Å². The maximum absolute atomic E-state index is 13.9. The summed E-state index contributed by atoms with van der Waals surface area (Å²) in [6, 6.07) is 0. The van der Waals surface area contributed by atoms with Gasteiger partial charge in [0.1, 0.15) is 17.0 Å². The van der Waals surface area contributed by atoms with Crippen LogP contribution in [0.15, 0.2) is 33.4 Å². The number of halogens is 1. The van der Waals surface area contributed by atoms with Gasteiger partial charge in [-0.25, -0.2) is 4.79 Å². The van der Waals surface area contributed by atoms with Crippen molar-refractivity contribution in [1.29, 1.82) is 0 Å². The molecule has 32 heavy (non-hydrogen) atoms. The molecule has 4 aliphatic heterocycles. The number of hydrogen-bond donors (Lipinski definition) is 3. The van der Waals surface area contributed by atoms with E-state index in [0.29, 0.717) is 30.2 Å². The van der Waals surface area contributed by atoms with E-state index in [1.165, 1.54) is 28.4 Å². The predicted octanol–water partition coefficient (Wildman–Crippen LogP) is 2.94. The van der Waals surface area contributed by atoms with E-state index in [4.69, 9.17) is 21.1 Å². The van der Waals surface area contributed by atoms with Gasteiger partial charge in [0, 0.05) is 29.4 Å². The summed E-state index contributed by atoms with van der Waals surface area (Å²) in [5, 5.41) is 22.4. The Morgan fingerprint density at radius 3 is 2.41 bits per heavy atom. The van der Waals surface area contributed by atoms with Gasteiger partial charge in [0.15, 0.2) is 0 Å². The Hall–Kier alpha value is -1.17. The van der Waals surface area contributed by atoms with Gasteiger partial charge in [0.2, 0.25) is 0 Å². The van der Waals surface area contributed by atoms with E-state index in [1.807, 2.05) is 19.1 Å². The van der Waals surface area contributed by atoms with Gasteiger partial charge >= 0.3 is 5.97 Å². The van der Waals surface area contributed by atoms with Crippen LogP contribution in [0.25, 0.3) is 0 Å². The lowest BCUT2D eigenvalue weighted by atomic mass is 10.1. The zero-order valence-corrected chi connectivity index (χ0v) is 20.0. The summed E-state index contributed by atoms with van der Waals surface area (Å²) in [4.78, 5) is 28.8. The fourth-order valence-corrected chi connectivity index (χ4v) is 7.38. The highest BCUT2D eigenvalue weighted by atomic mass is 35.5. The van der Waals surface area contributed by atoms with Gasteiger partial charge in [-0.05, 0) is 32.6 Å². The van der Waals surface area contributed by atoms with E-state index in [0.717, 1.165) is 24.2 Å². The number of alkyl halides is 1. The maximum atomic E-state index is 13.9. The second kappa shape index (κ2) is 10.4. The number of aliphatic hydroxyl groups excluding tert-OH is 1. The molecule has 0 unspecified atom stereocenters. The summed E-state index contributed by atoms with van der Waals surface area (Å²) in [5.74, 6) is -1.65. The average molecular weight is 503 g/mol. The van der Waals surface area contributed by atoms with Crippen LogP contribution >= 0.6 is 35.1 Å². The molecule has 176 valence electrons. The number of thioether (sulfide) groups is 2. The van der Waals surface area contributed by atoms with Crippen LogP contribution in [-0.4, -0.2) is 68.7 Å². The SMILES string of the molecule is C/C=C/[C@@H]1NC(C(=O)N2C(C(=O)O)=C([C@H]3CCCO3)S[C@@H]2C[C@H](O)Cl)=C([C@H]2CCCO2)S1. The van der Waals surface area contributed by atoms with Crippen LogP contribution in [0.1, 0.15) is 39.0 Å². The van der Waals surface area contributed by atoms with Crippen molar-refractivity contribution in [3.63, 3.8) is 0 Å². The Morgan fingerprint density at radius 1 is 1.22 bits per heavy atom. The molecule has 2 fully saturated rings. The van der Waals surface area contributed by atoms with Crippen molar-refractivity contribution >= 4 is 47.0 Å². The summed E-state index contributed by atoms with van der Waals surface area (Å²) in [7, 11) is 0. The summed E-state index contributed by atoms with van der Waals surface area (Å²) in [5.41, 5.74) is -0.948. The number of carbonyl (C=O) groups is 2. The van der Waals surface area contributed by atoms with Crippen LogP contribution in [-0.2, 0) is 19.1 Å². The molecule has 5 atom stereocenters. The highest BCUT2D eigenvalue weighted by Gasteiger charge is 2.47. The van der Waals surface area contributed by atoms with Crippen molar-refractivity contribution in [3.8, 4) is 0 Å². The number of amides is 1. The number of hydrogen-bond acceptors (Lipinski definition) is 8. The molecule has 2 saturated heterocycles. The topological polar surface area (TPSA) is 108 Å². The lowest BCUT2D eigenvalue weighted by Gasteiger charge is -2.27. The summed E-state index contributed by atoms with van der Waals surface area (Å²) in [6.07, 6.45) is 6.56. The Morgan fingerprint density at radius 2 is 1.88 bits per heavy atom. The second-order valence-corrected chi connectivity index (χ2v) is 10.8. The highest BCUT2D eigenvalue weighted by molar-refractivity contribution is 8.04. The Bertz CT molecular complexity index is 849. The van der Waals surface area contributed by atoms with Crippen molar-refractivity contribution in [2.24, 2.45) is 0 Å². The molecular weight excluding hydrogens is 476 g/mol. The summed E-state index contributed by atoms with van der Waals surface area (Å²) >= 11 is 8.63. The Labute approximate surface area is 200 Å². The molecule has 0 aromatic carbocycles. The van der Waals surface area contributed by atoms with Crippen molar-refractivity contribution in [2.45, 2.75) is 67.5 Å². The minimum atomic E-state index is -1.21. The third-order valence-electron chi connectivity index (χ3n) is 5.66. The Balaban J connectivity index is 1.72. The molecular formula is C21H27ClN2O6S2. The molecule has 0 aliphatic carbocycles. The van der Waals surface area contributed by atoms with Gasteiger partial charge in [-0.2, -0.15) is 0 Å². The highest BCUT2D eigenvalue weighted by Crippen LogP contribution is 2.47. The number of aliphatic hydroxyl groups is 1. The molecule has 1 amide bonds. The number of ether oxygens (including phenoxy) is 2. The number of allylic oxidation sites excluding steroid dienone is 1. The molecule has 11 heteroatoms. The fraction of sp³-hybridized carbons (Fsp3) is 0.619. The largest absolute Gasteiger partial charge is 0.477 e. The first-order valence-electron chi connectivity index (χ1n) is 10.7. The number of rotatable bonds is 7. The zero-order valence-electron chi connectivity index (χ0n) is 17.7. The fourth-order valence-electron chi connectivity index (χ4n) is 4.30. The summed E-state index contributed by atoms with van der Waals surface area (Å²) < 4.78 is 11.6. The second-order valence-electron chi connectivity index (χ2n) is 7.89. The van der Waals surface area contributed by atoms with Gasteiger partial charge in [0.25, 0.3) is 5.91 Å². The van der Waals surface area contributed by atoms with Crippen LogP contribution in [0.2, 0.25) is 0 Å². The average Bonchev–Trinajstić information content (AvgIpc) is 3.51. The van der Waals surface area contributed by atoms with Gasteiger partial charge in [0.05, 0.1) is 23.0 Å². The maximum Gasteiger partial charge on any atom is 0.353 e. The molecule has 4 rings (SSSR count). The van der Waals surface area contributed by atoms with E-state index in [2.05, 4.69) is 5.32 Å². The van der Waals surface area contributed by atoms with Gasteiger partial charge < -0.3 is 25.0 Å². The smallest absolute Gasteiger partial charge is 0.353 e. The van der Waals surface area contributed by atoms with Crippen LogP contribution in [0.4, 0.5) is 0 Å². The first kappa shape index (κ1) is 24.0. The minimum Gasteiger partial charge on any atom is -0.477 e. The number of aliphatic carboxylic acids is 1. The van der Waals surface area contributed by atoms with Crippen LogP contribution in [0.5, 0.6) is 0 Å². The number of carbonyl (C=O) groups excluding carboxylic acids is 1.